The van der Waals surface area contributed by atoms with Gasteiger partial charge in [-0.25, -0.2) is 9.69 Å². The molecule has 10 heteroatoms. The number of fused-ring (bicyclic) bond motifs is 1. The molecule has 2 aliphatic heterocycles. The van der Waals surface area contributed by atoms with Crippen molar-refractivity contribution < 1.29 is 37.2 Å². The third kappa shape index (κ3) is 4.61. The number of amides is 2. The Morgan fingerprint density at radius 3 is 2.25 bits per heavy atom. The van der Waals surface area contributed by atoms with Gasteiger partial charge in [-0.05, 0) is 65.6 Å². The molecule has 0 saturated carbocycles. The Labute approximate surface area is 187 Å². The number of hydrogen-bond acceptors (Lipinski definition) is 6. The lowest BCUT2D eigenvalue weighted by Crippen LogP contribution is -2.46. The van der Waals surface area contributed by atoms with E-state index in [1.807, 2.05) is 27.7 Å². The highest BCUT2D eigenvalue weighted by atomic mass is 19.3. The Morgan fingerprint density at radius 2 is 1.75 bits per heavy atom. The topological polar surface area (TPSA) is 74.3 Å². The summed E-state index contributed by atoms with van der Waals surface area (Å²) in [6, 6.07) is 3.02. The van der Waals surface area contributed by atoms with E-state index in [1.54, 1.807) is 33.8 Å². The van der Waals surface area contributed by atoms with Crippen LogP contribution in [0, 0.1) is 0 Å². The third-order valence-corrected chi connectivity index (χ3v) is 5.96. The minimum absolute atomic E-state index is 0.0433. The van der Waals surface area contributed by atoms with Gasteiger partial charge in [0.1, 0.15) is 11.4 Å². The number of benzene rings is 1. The predicted octanol–water partition coefficient (Wildman–Crippen LogP) is 4.08. The Kier molecular flexibility index (Phi) is 6.10. The maximum Gasteiger partial charge on any atom is 0.494 e. The van der Waals surface area contributed by atoms with Gasteiger partial charge >= 0.3 is 19.8 Å². The Hall–Kier alpha value is -2.20. The Balaban J connectivity index is 2.05. The van der Waals surface area contributed by atoms with Crippen LogP contribution in [-0.2, 0) is 14.0 Å². The van der Waals surface area contributed by atoms with Crippen LogP contribution in [0.25, 0.3) is 0 Å². The second-order valence-electron chi connectivity index (χ2n) is 10.2. The van der Waals surface area contributed by atoms with Gasteiger partial charge in [-0.1, -0.05) is 13.0 Å². The highest BCUT2D eigenvalue weighted by Crippen LogP contribution is 2.39. The van der Waals surface area contributed by atoms with Gasteiger partial charge in [-0.2, -0.15) is 8.78 Å². The second-order valence-corrected chi connectivity index (χ2v) is 10.2. The number of carbonyl (C=O) groups is 2. The van der Waals surface area contributed by atoms with Gasteiger partial charge in [0.15, 0.2) is 0 Å². The summed E-state index contributed by atoms with van der Waals surface area (Å²) in [5, 5.41) is 0. The number of halogens is 2. The molecular weight excluding hydrogens is 423 g/mol. The van der Waals surface area contributed by atoms with Crippen LogP contribution in [0.4, 0.5) is 13.6 Å². The van der Waals surface area contributed by atoms with E-state index in [-0.39, 0.29) is 23.8 Å². The number of hydrogen-bond donors (Lipinski definition) is 0. The van der Waals surface area contributed by atoms with E-state index in [0.717, 1.165) is 4.90 Å². The molecule has 1 unspecified atom stereocenters. The average molecular weight is 453 g/mol. The van der Waals surface area contributed by atoms with Crippen LogP contribution >= 0.6 is 0 Å². The van der Waals surface area contributed by atoms with E-state index in [4.69, 9.17) is 18.8 Å². The summed E-state index contributed by atoms with van der Waals surface area (Å²) in [6.07, 6.45) is -0.835. The van der Waals surface area contributed by atoms with Crippen LogP contribution in [0.5, 0.6) is 5.75 Å². The molecule has 2 aliphatic rings. The Bertz CT molecular complexity index is 912. The van der Waals surface area contributed by atoms with Crippen LogP contribution in [0.15, 0.2) is 12.1 Å². The molecular formula is C22H30BF2NO6. The van der Waals surface area contributed by atoms with Crippen molar-refractivity contribution in [1.82, 2.24) is 4.90 Å². The molecule has 1 saturated heterocycles. The third-order valence-electron chi connectivity index (χ3n) is 5.96. The van der Waals surface area contributed by atoms with Crippen molar-refractivity contribution in [2.24, 2.45) is 0 Å². The van der Waals surface area contributed by atoms with Gasteiger partial charge in [0, 0.05) is 12.5 Å². The molecule has 176 valence electrons. The average Bonchev–Trinajstić information content (AvgIpc) is 2.83. The molecule has 0 bridgehead atoms. The summed E-state index contributed by atoms with van der Waals surface area (Å²) in [5.74, 6) is -1.42. The van der Waals surface area contributed by atoms with Gasteiger partial charge in [-0.15, -0.1) is 0 Å². The molecule has 1 aromatic rings. The first-order chi connectivity index (χ1) is 14.5. The summed E-state index contributed by atoms with van der Waals surface area (Å²) >= 11 is 0. The Morgan fingerprint density at radius 1 is 1.19 bits per heavy atom. The highest BCUT2D eigenvalue weighted by Gasteiger charge is 2.52. The molecule has 2 heterocycles. The summed E-state index contributed by atoms with van der Waals surface area (Å²) in [6.45, 7) is 11.2. The largest absolute Gasteiger partial charge is 0.494 e. The smallest absolute Gasteiger partial charge is 0.443 e. The SMILES string of the molecule is CC1CN(C(=O)OC(C)(C)C)C(=O)c2c(OC(F)F)cc(B3OC(C)(C)C(C)(C)O3)cc21. The summed E-state index contributed by atoms with van der Waals surface area (Å²) in [5.41, 5.74) is -1.22. The number of rotatable bonds is 3. The first-order valence-corrected chi connectivity index (χ1v) is 10.6. The van der Waals surface area contributed by atoms with Crippen LogP contribution in [0.2, 0.25) is 0 Å². The number of ether oxygens (including phenoxy) is 2. The number of carbonyl (C=O) groups excluding carboxylic acids is 2. The van der Waals surface area contributed by atoms with Crippen molar-refractivity contribution in [3.05, 3.63) is 23.3 Å². The normalized spacial score (nSPS) is 22.2. The number of alkyl halides is 2. The fourth-order valence-electron chi connectivity index (χ4n) is 3.65. The lowest BCUT2D eigenvalue weighted by molar-refractivity contribution is -0.0504. The molecule has 0 aliphatic carbocycles. The molecule has 0 spiro atoms. The van der Waals surface area contributed by atoms with Gasteiger partial charge in [-0.3, -0.25) is 4.79 Å². The summed E-state index contributed by atoms with van der Waals surface area (Å²) < 4.78 is 48.6. The summed E-state index contributed by atoms with van der Waals surface area (Å²) in [7, 11) is -0.823. The van der Waals surface area contributed by atoms with Gasteiger partial charge < -0.3 is 18.8 Å². The lowest BCUT2D eigenvalue weighted by Gasteiger charge is -2.34. The van der Waals surface area contributed by atoms with Crippen molar-refractivity contribution in [2.75, 3.05) is 6.54 Å². The van der Waals surface area contributed by atoms with Gasteiger partial charge in [0.25, 0.3) is 5.91 Å². The van der Waals surface area contributed by atoms with Crippen molar-refractivity contribution in [3.63, 3.8) is 0 Å². The zero-order valence-electron chi connectivity index (χ0n) is 19.7. The first kappa shape index (κ1) is 24.4. The molecule has 1 atom stereocenters. The van der Waals surface area contributed by atoms with Crippen LogP contribution in [0.3, 0.4) is 0 Å². The monoisotopic (exact) mass is 453 g/mol. The quantitative estimate of drug-likeness (QED) is 0.643. The molecule has 1 aromatic carbocycles. The van der Waals surface area contributed by atoms with Crippen molar-refractivity contribution in [2.45, 2.75) is 84.7 Å². The van der Waals surface area contributed by atoms with E-state index in [2.05, 4.69) is 0 Å². The van der Waals surface area contributed by atoms with Gasteiger partial charge in [0.2, 0.25) is 0 Å². The lowest BCUT2D eigenvalue weighted by atomic mass is 9.75. The predicted molar refractivity (Wildman–Crippen MR) is 114 cm³/mol. The van der Waals surface area contributed by atoms with Crippen molar-refractivity contribution >= 4 is 24.6 Å². The minimum Gasteiger partial charge on any atom is -0.443 e. The zero-order chi connectivity index (χ0) is 24.2. The second kappa shape index (κ2) is 7.99. The van der Waals surface area contributed by atoms with E-state index in [1.165, 1.54) is 6.07 Å². The van der Waals surface area contributed by atoms with Crippen molar-refractivity contribution in [1.29, 1.82) is 0 Å². The standard InChI is InChI=1S/C22H30BF2NO6/c1-12-11-26(19(28)30-20(2,3)4)17(27)16-14(12)9-13(10-15(16)29-18(24)25)23-31-21(5,6)22(7,8)32-23/h9-10,12,18H,11H2,1-8H3. The fourth-order valence-corrected chi connectivity index (χ4v) is 3.65. The molecule has 0 N–H and O–H groups in total. The van der Waals surface area contributed by atoms with E-state index in [0.29, 0.717) is 11.0 Å². The minimum atomic E-state index is -3.16. The highest BCUT2D eigenvalue weighted by molar-refractivity contribution is 6.62. The maximum absolute atomic E-state index is 13.2. The molecule has 7 nitrogen and oxygen atoms in total. The van der Waals surface area contributed by atoms with Crippen LogP contribution in [-0.4, -0.2) is 54.0 Å². The first-order valence-electron chi connectivity index (χ1n) is 10.6. The van der Waals surface area contributed by atoms with Crippen LogP contribution in [0.1, 0.15) is 77.2 Å². The molecule has 32 heavy (non-hydrogen) atoms. The van der Waals surface area contributed by atoms with E-state index < -0.39 is 42.5 Å². The number of nitrogens with zero attached hydrogens (tertiary/aromatic N) is 1. The summed E-state index contributed by atoms with van der Waals surface area (Å²) in [4.78, 5) is 26.7. The maximum atomic E-state index is 13.2. The fraction of sp³-hybridized carbons (Fsp3) is 0.636. The van der Waals surface area contributed by atoms with E-state index >= 15 is 0 Å². The van der Waals surface area contributed by atoms with Gasteiger partial charge in [0.05, 0.1) is 16.8 Å². The zero-order valence-corrected chi connectivity index (χ0v) is 19.7. The molecule has 2 amide bonds. The molecule has 0 radical (unpaired) electrons. The van der Waals surface area contributed by atoms with E-state index in [9.17, 15) is 18.4 Å². The molecule has 3 rings (SSSR count). The van der Waals surface area contributed by atoms with Crippen LogP contribution < -0.4 is 10.2 Å². The molecule has 0 aromatic heterocycles. The molecule has 1 fully saturated rings. The van der Waals surface area contributed by atoms with Crippen molar-refractivity contribution in [3.8, 4) is 5.75 Å². The number of imide groups is 1.